The Morgan fingerprint density at radius 3 is 2.44 bits per heavy atom. The van der Waals surface area contributed by atoms with Crippen molar-refractivity contribution < 1.29 is 29.3 Å². The van der Waals surface area contributed by atoms with E-state index >= 15 is 0 Å². The second-order valence-electron chi connectivity index (χ2n) is 6.88. The number of carbonyl (C=O) groups excluding carboxylic acids is 2. The van der Waals surface area contributed by atoms with Crippen LogP contribution in [0.2, 0.25) is 0 Å². The van der Waals surface area contributed by atoms with Gasteiger partial charge in [0.05, 0.1) is 25.8 Å². The number of hydrogen-bond acceptors (Lipinski definition) is 6. The van der Waals surface area contributed by atoms with E-state index in [9.17, 15) is 14.7 Å². The zero-order valence-electron chi connectivity index (χ0n) is 16.2. The molecular formula is C20H27NO6. The average Bonchev–Trinajstić information content (AvgIpc) is 2.89. The van der Waals surface area contributed by atoms with Crippen LogP contribution >= 0.6 is 0 Å². The van der Waals surface area contributed by atoms with Gasteiger partial charge in [0.25, 0.3) is 5.91 Å². The van der Waals surface area contributed by atoms with Gasteiger partial charge in [-0.05, 0) is 30.0 Å². The van der Waals surface area contributed by atoms with Gasteiger partial charge in [-0.15, -0.1) is 0 Å². The van der Waals surface area contributed by atoms with Gasteiger partial charge in [-0.3, -0.25) is 9.59 Å². The molecule has 148 valence electrons. The summed E-state index contributed by atoms with van der Waals surface area (Å²) in [5.74, 6) is -0.302. The van der Waals surface area contributed by atoms with Gasteiger partial charge in [0.15, 0.2) is 23.0 Å². The first kappa shape index (κ1) is 20.8. The standard InChI is InChI=1S/C20H27NO6/c1-12(2)10-14(23)17-18(21(8-5-9-22)20(25)19(17)24)13-6-7-15(26-3)16(11-13)27-4/h6-7,11-12,18,22,24H,5,8-10H2,1-4H3. The van der Waals surface area contributed by atoms with Crippen LogP contribution in [0.25, 0.3) is 0 Å². The summed E-state index contributed by atoms with van der Waals surface area (Å²) >= 11 is 0. The van der Waals surface area contributed by atoms with Gasteiger partial charge in [-0.2, -0.15) is 0 Å². The van der Waals surface area contributed by atoms with Gasteiger partial charge in [0.2, 0.25) is 0 Å². The van der Waals surface area contributed by atoms with Crippen LogP contribution in [-0.2, 0) is 9.59 Å². The van der Waals surface area contributed by atoms with Crippen LogP contribution in [0.4, 0.5) is 0 Å². The van der Waals surface area contributed by atoms with Crippen LogP contribution < -0.4 is 9.47 Å². The van der Waals surface area contributed by atoms with Gasteiger partial charge in [-0.25, -0.2) is 0 Å². The van der Waals surface area contributed by atoms with Crippen LogP contribution in [0.5, 0.6) is 11.5 Å². The van der Waals surface area contributed by atoms with Crippen molar-refractivity contribution in [3.63, 3.8) is 0 Å². The molecule has 2 rings (SSSR count). The molecule has 0 bridgehead atoms. The van der Waals surface area contributed by atoms with Crippen molar-refractivity contribution in [2.75, 3.05) is 27.4 Å². The summed E-state index contributed by atoms with van der Waals surface area (Å²) in [6, 6.07) is 4.41. The molecule has 1 aliphatic heterocycles. The molecule has 0 aliphatic carbocycles. The number of rotatable bonds is 9. The third-order valence-corrected chi connectivity index (χ3v) is 4.48. The normalized spacial score (nSPS) is 17.0. The minimum Gasteiger partial charge on any atom is -0.503 e. The molecule has 1 aromatic carbocycles. The Kier molecular flexibility index (Phi) is 6.85. The second kappa shape index (κ2) is 8.90. The first-order chi connectivity index (χ1) is 12.8. The number of aliphatic hydroxyl groups is 2. The Labute approximate surface area is 159 Å². The second-order valence-corrected chi connectivity index (χ2v) is 6.88. The maximum absolute atomic E-state index is 12.8. The number of carbonyl (C=O) groups is 2. The molecule has 0 radical (unpaired) electrons. The molecule has 0 saturated carbocycles. The predicted molar refractivity (Wildman–Crippen MR) is 99.8 cm³/mol. The number of hydrogen-bond donors (Lipinski definition) is 2. The summed E-state index contributed by atoms with van der Waals surface area (Å²) in [6.07, 6.45) is 0.568. The van der Waals surface area contributed by atoms with Gasteiger partial charge in [-0.1, -0.05) is 19.9 Å². The molecule has 7 nitrogen and oxygen atoms in total. The highest BCUT2D eigenvalue weighted by Gasteiger charge is 2.43. The Hall–Kier alpha value is -2.54. The molecule has 2 N–H and O–H groups in total. The molecule has 1 amide bonds. The summed E-state index contributed by atoms with van der Waals surface area (Å²) in [7, 11) is 3.02. The van der Waals surface area contributed by atoms with E-state index in [1.165, 1.54) is 19.1 Å². The van der Waals surface area contributed by atoms with Crippen LogP contribution in [-0.4, -0.2) is 54.2 Å². The van der Waals surface area contributed by atoms with E-state index in [-0.39, 0.29) is 36.8 Å². The first-order valence-electron chi connectivity index (χ1n) is 8.95. The molecule has 1 unspecified atom stereocenters. The van der Waals surface area contributed by atoms with Crippen molar-refractivity contribution in [2.24, 2.45) is 5.92 Å². The Morgan fingerprint density at radius 2 is 1.89 bits per heavy atom. The van der Waals surface area contributed by atoms with Gasteiger partial charge < -0.3 is 24.6 Å². The van der Waals surface area contributed by atoms with E-state index in [0.717, 1.165) is 0 Å². The lowest BCUT2D eigenvalue weighted by Gasteiger charge is -2.27. The Morgan fingerprint density at radius 1 is 1.22 bits per heavy atom. The summed E-state index contributed by atoms with van der Waals surface area (Å²) in [6.45, 7) is 3.93. The summed E-state index contributed by atoms with van der Waals surface area (Å²) in [4.78, 5) is 26.8. The van der Waals surface area contributed by atoms with E-state index in [1.54, 1.807) is 18.2 Å². The summed E-state index contributed by atoms with van der Waals surface area (Å²) in [5, 5.41) is 19.6. The van der Waals surface area contributed by atoms with E-state index in [0.29, 0.717) is 23.5 Å². The first-order valence-corrected chi connectivity index (χ1v) is 8.95. The van der Waals surface area contributed by atoms with Crippen LogP contribution in [0.15, 0.2) is 29.5 Å². The molecule has 0 fully saturated rings. The average molecular weight is 377 g/mol. The highest BCUT2D eigenvalue weighted by Crippen LogP contribution is 2.41. The lowest BCUT2D eigenvalue weighted by atomic mass is 9.92. The van der Waals surface area contributed by atoms with Crippen LogP contribution in [0, 0.1) is 5.92 Å². The lowest BCUT2D eigenvalue weighted by molar-refractivity contribution is -0.129. The van der Waals surface area contributed by atoms with Gasteiger partial charge >= 0.3 is 0 Å². The van der Waals surface area contributed by atoms with Crippen molar-refractivity contribution in [2.45, 2.75) is 32.7 Å². The van der Waals surface area contributed by atoms with Crippen molar-refractivity contribution in [1.82, 2.24) is 4.90 Å². The molecule has 1 atom stereocenters. The predicted octanol–water partition coefficient (Wildman–Crippen LogP) is 2.40. The molecule has 1 aromatic rings. The molecule has 7 heteroatoms. The van der Waals surface area contributed by atoms with Crippen molar-refractivity contribution >= 4 is 11.7 Å². The number of nitrogens with zero attached hydrogens (tertiary/aromatic N) is 1. The Balaban J connectivity index is 2.53. The highest BCUT2D eigenvalue weighted by molar-refractivity contribution is 6.09. The maximum Gasteiger partial charge on any atom is 0.290 e. The third kappa shape index (κ3) is 4.24. The number of ether oxygens (including phenoxy) is 2. The monoisotopic (exact) mass is 377 g/mol. The molecule has 0 spiro atoms. The van der Waals surface area contributed by atoms with E-state index in [4.69, 9.17) is 14.6 Å². The maximum atomic E-state index is 12.8. The van der Waals surface area contributed by atoms with E-state index < -0.39 is 17.7 Å². The fourth-order valence-corrected chi connectivity index (χ4v) is 3.26. The zero-order chi connectivity index (χ0) is 20.1. The lowest BCUT2D eigenvalue weighted by Crippen LogP contribution is -2.32. The van der Waals surface area contributed by atoms with Crippen molar-refractivity contribution in [3.05, 3.63) is 35.1 Å². The smallest absolute Gasteiger partial charge is 0.290 e. The minimum absolute atomic E-state index is 0.0884. The van der Waals surface area contributed by atoms with Crippen molar-refractivity contribution in [3.8, 4) is 11.5 Å². The molecule has 0 saturated heterocycles. The molecular weight excluding hydrogens is 350 g/mol. The fourth-order valence-electron chi connectivity index (χ4n) is 3.26. The van der Waals surface area contributed by atoms with Crippen LogP contribution in [0.3, 0.4) is 0 Å². The number of Topliss-reactive ketones (excluding diaryl/α,β-unsaturated/α-hetero) is 1. The van der Waals surface area contributed by atoms with E-state index in [1.807, 2.05) is 13.8 Å². The molecule has 27 heavy (non-hydrogen) atoms. The third-order valence-electron chi connectivity index (χ3n) is 4.48. The number of methoxy groups -OCH3 is 2. The number of ketones is 1. The number of benzene rings is 1. The molecule has 1 heterocycles. The fraction of sp³-hybridized carbons (Fsp3) is 0.500. The zero-order valence-corrected chi connectivity index (χ0v) is 16.2. The minimum atomic E-state index is -0.727. The van der Waals surface area contributed by atoms with E-state index in [2.05, 4.69) is 0 Å². The molecule has 1 aliphatic rings. The number of aliphatic hydroxyl groups excluding tert-OH is 2. The summed E-state index contributed by atoms with van der Waals surface area (Å²) in [5.41, 5.74) is 0.731. The van der Waals surface area contributed by atoms with Gasteiger partial charge in [0, 0.05) is 19.6 Å². The Bertz CT molecular complexity index is 740. The highest BCUT2D eigenvalue weighted by atomic mass is 16.5. The van der Waals surface area contributed by atoms with Gasteiger partial charge in [0.1, 0.15) is 0 Å². The topological polar surface area (TPSA) is 96.3 Å². The summed E-state index contributed by atoms with van der Waals surface area (Å²) < 4.78 is 10.6. The quantitative estimate of drug-likeness (QED) is 0.686. The van der Waals surface area contributed by atoms with Crippen LogP contribution in [0.1, 0.15) is 38.3 Å². The van der Waals surface area contributed by atoms with Crippen molar-refractivity contribution in [1.29, 1.82) is 0 Å². The number of amides is 1. The SMILES string of the molecule is COc1ccc(C2C(C(=O)CC(C)C)=C(O)C(=O)N2CCCO)cc1OC. The largest absolute Gasteiger partial charge is 0.503 e. The molecule has 0 aromatic heterocycles.